The Morgan fingerprint density at radius 2 is 2.29 bits per heavy atom. The second kappa shape index (κ2) is 4.45. The highest BCUT2D eigenvalue weighted by molar-refractivity contribution is 9.10. The van der Waals surface area contributed by atoms with Crippen molar-refractivity contribution in [1.29, 1.82) is 0 Å². The maximum absolute atomic E-state index is 12.4. The van der Waals surface area contributed by atoms with Crippen LogP contribution in [0.4, 0.5) is 8.78 Å². The highest BCUT2D eigenvalue weighted by atomic mass is 79.9. The minimum Gasteiger partial charge on any atom is -0.480 e. The summed E-state index contributed by atoms with van der Waals surface area (Å²) in [5, 5.41) is 0. The molecule has 1 aromatic rings. The molecule has 6 heteroatoms. The number of pyridine rings is 1. The number of methoxy groups -OCH3 is 1. The number of nitrogens with zero attached hydrogens (tertiary/aromatic N) is 1. The molecule has 1 rings (SSSR count). The Hall–Kier alpha value is -1.04. The number of aldehydes is 1. The van der Waals surface area contributed by atoms with Crippen molar-refractivity contribution in [1.82, 2.24) is 4.98 Å². The first-order valence-electron chi connectivity index (χ1n) is 3.58. The van der Waals surface area contributed by atoms with E-state index >= 15 is 0 Å². The van der Waals surface area contributed by atoms with Crippen molar-refractivity contribution in [2.75, 3.05) is 7.11 Å². The Labute approximate surface area is 87.2 Å². The number of hydrogen-bond acceptors (Lipinski definition) is 3. The number of carbonyl (C=O) groups excluding carboxylic acids is 1. The van der Waals surface area contributed by atoms with E-state index in [1.165, 1.54) is 7.11 Å². The second-order valence-electron chi connectivity index (χ2n) is 2.38. The van der Waals surface area contributed by atoms with Crippen LogP contribution < -0.4 is 4.74 Å². The molecule has 0 bridgehead atoms. The summed E-state index contributed by atoms with van der Waals surface area (Å²) < 4.78 is 29.8. The van der Waals surface area contributed by atoms with Crippen molar-refractivity contribution in [3.63, 3.8) is 0 Å². The van der Waals surface area contributed by atoms with Gasteiger partial charge in [0.05, 0.1) is 12.7 Å². The zero-order valence-electron chi connectivity index (χ0n) is 7.13. The van der Waals surface area contributed by atoms with Crippen LogP contribution in [0.2, 0.25) is 0 Å². The summed E-state index contributed by atoms with van der Waals surface area (Å²) in [5.74, 6) is -0.107. The fourth-order valence-corrected chi connectivity index (χ4v) is 1.38. The Kier molecular flexibility index (Phi) is 3.51. The van der Waals surface area contributed by atoms with Crippen LogP contribution in [0, 0.1) is 0 Å². The Bertz CT molecular complexity index is 357. The normalized spacial score (nSPS) is 10.4. The van der Waals surface area contributed by atoms with E-state index < -0.39 is 12.0 Å². The van der Waals surface area contributed by atoms with Crippen LogP contribution in [0.5, 0.6) is 5.88 Å². The van der Waals surface area contributed by atoms with Gasteiger partial charge in [0.2, 0.25) is 5.88 Å². The lowest BCUT2D eigenvalue weighted by atomic mass is 10.1. The second-order valence-corrected chi connectivity index (χ2v) is 3.19. The van der Waals surface area contributed by atoms with Gasteiger partial charge in [-0.05, 0) is 22.0 Å². The number of rotatable bonds is 3. The lowest BCUT2D eigenvalue weighted by Crippen LogP contribution is -2.00. The molecule has 1 aromatic heterocycles. The van der Waals surface area contributed by atoms with E-state index in [9.17, 15) is 13.6 Å². The third kappa shape index (κ3) is 2.06. The third-order valence-electron chi connectivity index (χ3n) is 1.57. The quantitative estimate of drug-likeness (QED) is 0.623. The van der Waals surface area contributed by atoms with Gasteiger partial charge in [-0.2, -0.15) is 0 Å². The standard InChI is InChI=1S/C8H6BrF2NO2/c1-14-8-5(3-13)4(7(10)11)2-6(9)12-8/h2-3,7H,1H3. The van der Waals surface area contributed by atoms with Crippen molar-refractivity contribution >= 4 is 22.2 Å². The highest BCUT2D eigenvalue weighted by Crippen LogP contribution is 2.29. The lowest BCUT2D eigenvalue weighted by Gasteiger charge is -2.08. The Morgan fingerprint density at radius 3 is 2.71 bits per heavy atom. The van der Waals surface area contributed by atoms with Gasteiger partial charge >= 0.3 is 0 Å². The van der Waals surface area contributed by atoms with E-state index in [4.69, 9.17) is 4.74 Å². The average molecular weight is 266 g/mol. The van der Waals surface area contributed by atoms with Crippen molar-refractivity contribution in [2.24, 2.45) is 0 Å². The molecule has 0 spiro atoms. The maximum Gasteiger partial charge on any atom is 0.264 e. The highest BCUT2D eigenvalue weighted by Gasteiger charge is 2.18. The molecule has 3 nitrogen and oxygen atoms in total. The van der Waals surface area contributed by atoms with Crippen LogP contribution >= 0.6 is 15.9 Å². The molecule has 0 fully saturated rings. The van der Waals surface area contributed by atoms with Crippen molar-refractivity contribution < 1.29 is 18.3 Å². The van der Waals surface area contributed by atoms with Gasteiger partial charge in [0.1, 0.15) is 4.60 Å². The molecule has 0 N–H and O–H groups in total. The lowest BCUT2D eigenvalue weighted by molar-refractivity contribution is 0.110. The van der Waals surface area contributed by atoms with E-state index in [2.05, 4.69) is 20.9 Å². The monoisotopic (exact) mass is 265 g/mol. The van der Waals surface area contributed by atoms with Crippen molar-refractivity contribution in [2.45, 2.75) is 6.43 Å². The van der Waals surface area contributed by atoms with Gasteiger partial charge in [-0.3, -0.25) is 4.79 Å². The molecule has 0 saturated carbocycles. The minimum absolute atomic E-state index is 0.107. The summed E-state index contributed by atoms with van der Waals surface area (Å²) in [4.78, 5) is 14.3. The molecule has 0 atom stereocenters. The smallest absolute Gasteiger partial charge is 0.264 e. The van der Waals surface area contributed by atoms with Gasteiger partial charge in [-0.25, -0.2) is 13.8 Å². The first-order chi connectivity index (χ1) is 6.60. The van der Waals surface area contributed by atoms with Crippen LogP contribution in [0.3, 0.4) is 0 Å². The number of alkyl halides is 2. The molecule has 1 heterocycles. The molecular weight excluding hydrogens is 260 g/mol. The number of aromatic nitrogens is 1. The zero-order valence-corrected chi connectivity index (χ0v) is 8.72. The molecule has 0 amide bonds. The topological polar surface area (TPSA) is 39.2 Å². The number of ether oxygens (including phenoxy) is 1. The molecule has 0 radical (unpaired) electrons. The van der Waals surface area contributed by atoms with Gasteiger partial charge < -0.3 is 4.74 Å². The number of carbonyl (C=O) groups is 1. The van der Waals surface area contributed by atoms with E-state index in [1.807, 2.05) is 0 Å². The molecule has 0 aliphatic rings. The molecule has 0 saturated heterocycles. The van der Waals surface area contributed by atoms with Crippen LogP contribution in [-0.4, -0.2) is 18.4 Å². The first kappa shape index (κ1) is 11.0. The number of halogens is 3. The van der Waals surface area contributed by atoms with Gasteiger partial charge in [0.15, 0.2) is 6.29 Å². The molecule has 0 aromatic carbocycles. The fourth-order valence-electron chi connectivity index (χ4n) is 0.974. The van der Waals surface area contributed by atoms with E-state index in [1.54, 1.807) is 0 Å². The Balaban J connectivity index is 3.39. The SMILES string of the molecule is COc1nc(Br)cc(C(F)F)c1C=O. The van der Waals surface area contributed by atoms with E-state index in [0.717, 1.165) is 6.07 Å². The summed E-state index contributed by atoms with van der Waals surface area (Å²) in [6, 6.07) is 1.09. The first-order valence-corrected chi connectivity index (χ1v) is 4.37. The molecular formula is C8H6BrF2NO2. The predicted octanol–water partition coefficient (Wildman–Crippen LogP) is 2.60. The van der Waals surface area contributed by atoms with Crippen LogP contribution in [0.1, 0.15) is 22.3 Å². The molecule has 0 aliphatic heterocycles. The Morgan fingerprint density at radius 1 is 1.64 bits per heavy atom. The molecule has 76 valence electrons. The summed E-state index contributed by atoms with van der Waals surface area (Å²) in [7, 11) is 1.26. The van der Waals surface area contributed by atoms with Crippen LogP contribution in [-0.2, 0) is 0 Å². The van der Waals surface area contributed by atoms with Gasteiger partial charge in [0, 0.05) is 5.56 Å². The maximum atomic E-state index is 12.4. The molecule has 0 aliphatic carbocycles. The molecule has 0 unspecified atom stereocenters. The van der Waals surface area contributed by atoms with Crippen LogP contribution in [0.15, 0.2) is 10.7 Å². The summed E-state index contributed by atoms with van der Waals surface area (Å²) in [6.07, 6.45) is -2.43. The largest absolute Gasteiger partial charge is 0.480 e. The summed E-state index contributed by atoms with van der Waals surface area (Å²) >= 11 is 2.95. The van der Waals surface area contributed by atoms with Crippen LogP contribution in [0.25, 0.3) is 0 Å². The fraction of sp³-hybridized carbons (Fsp3) is 0.250. The van der Waals surface area contributed by atoms with Gasteiger partial charge in [-0.15, -0.1) is 0 Å². The number of hydrogen-bond donors (Lipinski definition) is 0. The minimum atomic E-state index is -2.73. The third-order valence-corrected chi connectivity index (χ3v) is 1.98. The summed E-state index contributed by atoms with van der Waals surface area (Å²) in [6.45, 7) is 0. The van der Waals surface area contributed by atoms with E-state index in [0.29, 0.717) is 6.29 Å². The van der Waals surface area contributed by atoms with Crippen molar-refractivity contribution in [3.8, 4) is 5.88 Å². The predicted molar refractivity (Wildman–Crippen MR) is 48.8 cm³/mol. The van der Waals surface area contributed by atoms with Gasteiger partial charge in [-0.1, -0.05) is 0 Å². The van der Waals surface area contributed by atoms with E-state index in [-0.39, 0.29) is 16.0 Å². The zero-order chi connectivity index (χ0) is 10.7. The summed E-state index contributed by atoms with van der Waals surface area (Å²) in [5.41, 5.74) is -0.607. The average Bonchev–Trinajstić information content (AvgIpc) is 2.16. The molecule has 14 heavy (non-hydrogen) atoms. The van der Waals surface area contributed by atoms with Crippen molar-refractivity contribution in [3.05, 3.63) is 21.8 Å². The van der Waals surface area contributed by atoms with Gasteiger partial charge in [0.25, 0.3) is 6.43 Å².